The number of carbonyl (C=O) groups excluding carboxylic acids is 2. The van der Waals surface area contributed by atoms with Crippen LogP contribution in [-0.2, 0) is 9.53 Å². The van der Waals surface area contributed by atoms with E-state index in [0.29, 0.717) is 0 Å². The Kier molecular flexibility index (Phi) is 6.86. The van der Waals surface area contributed by atoms with Crippen LogP contribution in [0.5, 0.6) is 0 Å². The van der Waals surface area contributed by atoms with Crippen molar-refractivity contribution >= 4 is 12.0 Å². The van der Waals surface area contributed by atoms with Crippen LogP contribution in [0.2, 0.25) is 0 Å². The van der Waals surface area contributed by atoms with Gasteiger partial charge < -0.3 is 20.7 Å². The quantitative estimate of drug-likeness (QED) is 0.830. The lowest BCUT2D eigenvalue weighted by molar-refractivity contribution is -0.123. The molecule has 2 amide bonds. The average molecular weight is 327 g/mol. The predicted molar refractivity (Wildman–Crippen MR) is 91.0 cm³/mol. The van der Waals surface area contributed by atoms with Crippen LogP contribution in [0.15, 0.2) is 0 Å². The number of amides is 2. The van der Waals surface area contributed by atoms with Gasteiger partial charge in [-0.15, -0.1) is 0 Å². The molecule has 23 heavy (non-hydrogen) atoms. The molecule has 0 aromatic carbocycles. The molecule has 6 nitrogen and oxygen atoms in total. The molecule has 0 radical (unpaired) electrons. The maximum atomic E-state index is 12.6. The highest BCUT2D eigenvalue weighted by molar-refractivity contribution is 5.81. The van der Waals surface area contributed by atoms with Gasteiger partial charge in [0.05, 0.1) is 12.1 Å². The normalized spacial score (nSPS) is 23.3. The summed E-state index contributed by atoms with van der Waals surface area (Å²) in [5.41, 5.74) is 5.12. The average Bonchev–Trinajstić information content (AvgIpc) is 2.38. The molecule has 0 unspecified atom stereocenters. The van der Waals surface area contributed by atoms with E-state index in [4.69, 9.17) is 10.5 Å². The molecular formula is C17H33N3O3. The molecule has 0 aliphatic heterocycles. The number of carbonyl (C=O) groups is 2. The third kappa shape index (κ3) is 6.01. The fourth-order valence-corrected chi connectivity index (χ4v) is 2.97. The van der Waals surface area contributed by atoms with Gasteiger partial charge in [-0.1, -0.05) is 12.8 Å². The van der Waals surface area contributed by atoms with E-state index in [0.717, 1.165) is 25.7 Å². The van der Waals surface area contributed by atoms with Crippen molar-refractivity contribution in [1.82, 2.24) is 10.2 Å². The van der Waals surface area contributed by atoms with Gasteiger partial charge in [-0.3, -0.25) is 4.79 Å². The van der Waals surface area contributed by atoms with Crippen LogP contribution < -0.4 is 11.1 Å². The van der Waals surface area contributed by atoms with Gasteiger partial charge in [0.15, 0.2) is 0 Å². The molecule has 6 heteroatoms. The molecule has 1 saturated carbocycles. The zero-order valence-electron chi connectivity index (χ0n) is 15.4. The van der Waals surface area contributed by atoms with Crippen molar-refractivity contribution < 1.29 is 14.3 Å². The van der Waals surface area contributed by atoms with Crippen molar-refractivity contribution in [3.05, 3.63) is 0 Å². The van der Waals surface area contributed by atoms with E-state index in [1.54, 1.807) is 11.8 Å². The van der Waals surface area contributed by atoms with E-state index in [2.05, 4.69) is 5.32 Å². The van der Waals surface area contributed by atoms with E-state index < -0.39 is 11.6 Å². The second kappa shape index (κ2) is 7.99. The van der Waals surface area contributed by atoms with Gasteiger partial charge in [0, 0.05) is 12.1 Å². The van der Waals surface area contributed by atoms with E-state index in [1.165, 1.54) is 0 Å². The van der Waals surface area contributed by atoms with Crippen molar-refractivity contribution in [2.24, 2.45) is 5.73 Å². The summed E-state index contributed by atoms with van der Waals surface area (Å²) in [6, 6.07) is -0.673. The highest BCUT2D eigenvalue weighted by Gasteiger charge is 2.37. The van der Waals surface area contributed by atoms with Crippen molar-refractivity contribution in [1.29, 1.82) is 0 Å². The van der Waals surface area contributed by atoms with Gasteiger partial charge >= 0.3 is 6.09 Å². The molecular weight excluding hydrogens is 294 g/mol. The molecule has 0 aromatic heterocycles. The Morgan fingerprint density at radius 1 is 1.17 bits per heavy atom. The molecule has 0 saturated heterocycles. The van der Waals surface area contributed by atoms with Gasteiger partial charge in [0.25, 0.3) is 0 Å². The summed E-state index contributed by atoms with van der Waals surface area (Å²) >= 11 is 0. The molecule has 1 fully saturated rings. The van der Waals surface area contributed by atoms with Crippen LogP contribution in [0, 0.1) is 0 Å². The monoisotopic (exact) mass is 327 g/mol. The van der Waals surface area contributed by atoms with Crippen LogP contribution >= 0.6 is 0 Å². The maximum Gasteiger partial charge on any atom is 0.410 e. The van der Waals surface area contributed by atoms with Gasteiger partial charge in [0.1, 0.15) is 5.60 Å². The number of rotatable bonds is 4. The van der Waals surface area contributed by atoms with Crippen molar-refractivity contribution in [2.75, 3.05) is 0 Å². The second-order valence-electron chi connectivity index (χ2n) is 7.74. The standard InChI is InChI=1S/C17H33N3O3/c1-11(2)20(16(22)23-17(4,5)6)14-10-8-7-9-13(14)19-15(21)12(3)18/h11-14H,7-10,18H2,1-6H3,(H,19,21)/t12-,13-,14-/m0/s1. The van der Waals surface area contributed by atoms with Crippen LogP contribution in [0.3, 0.4) is 0 Å². The third-order valence-corrected chi connectivity index (χ3v) is 3.99. The van der Waals surface area contributed by atoms with E-state index in [-0.39, 0.29) is 30.1 Å². The Labute approximate surface area is 140 Å². The smallest absolute Gasteiger partial charge is 0.410 e. The Balaban J connectivity index is 2.92. The summed E-state index contributed by atoms with van der Waals surface area (Å²) in [7, 11) is 0. The minimum atomic E-state index is -0.549. The largest absolute Gasteiger partial charge is 0.444 e. The van der Waals surface area contributed by atoms with Gasteiger partial charge in [-0.25, -0.2) is 4.79 Å². The van der Waals surface area contributed by atoms with E-state index in [9.17, 15) is 9.59 Å². The number of nitrogens with one attached hydrogen (secondary N) is 1. The van der Waals surface area contributed by atoms with Crippen LogP contribution in [-0.4, -0.2) is 46.7 Å². The molecule has 1 aliphatic rings. The lowest BCUT2D eigenvalue weighted by Gasteiger charge is -2.42. The van der Waals surface area contributed by atoms with Gasteiger partial charge in [0.2, 0.25) is 5.91 Å². The maximum absolute atomic E-state index is 12.6. The molecule has 3 N–H and O–H groups in total. The molecule has 3 atom stereocenters. The Hall–Kier alpha value is -1.30. The third-order valence-electron chi connectivity index (χ3n) is 3.99. The van der Waals surface area contributed by atoms with Gasteiger partial charge in [-0.05, 0) is 54.4 Å². The van der Waals surface area contributed by atoms with Crippen molar-refractivity contribution in [3.63, 3.8) is 0 Å². The highest BCUT2D eigenvalue weighted by atomic mass is 16.6. The van der Waals surface area contributed by atoms with Crippen molar-refractivity contribution in [2.45, 2.75) is 97.0 Å². The lowest BCUT2D eigenvalue weighted by Crippen LogP contribution is -2.59. The SMILES string of the molecule is CC(C)N(C(=O)OC(C)(C)C)[C@H]1CCCC[C@@H]1NC(=O)[C@H](C)N. The molecule has 0 aromatic rings. The summed E-state index contributed by atoms with van der Waals surface area (Å²) < 4.78 is 5.56. The summed E-state index contributed by atoms with van der Waals surface area (Å²) in [5, 5.41) is 3.01. The Bertz CT molecular complexity index is 416. The predicted octanol–water partition coefficient (Wildman–Crippen LogP) is 2.41. The summed E-state index contributed by atoms with van der Waals surface area (Å²) in [4.78, 5) is 26.4. The fraction of sp³-hybridized carbons (Fsp3) is 0.882. The number of hydrogen-bond acceptors (Lipinski definition) is 4. The topological polar surface area (TPSA) is 84.7 Å². The van der Waals surface area contributed by atoms with E-state index in [1.807, 2.05) is 34.6 Å². The first-order valence-electron chi connectivity index (χ1n) is 8.60. The van der Waals surface area contributed by atoms with Crippen LogP contribution in [0.1, 0.15) is 67.2 Å². The summed E-state index contributed by atoms with van der Waals surface area (Å²) in [6.45, 7) is 11.2. The first kappa shape index (κ1) is 19.7. The molecule has 0 spiro atoms. The zero-order chi connectivity index (χ0) is 17.8. The summed E-state index contributed by atoms with van der Waals surface area (Å²) in [5.74, 6) is -0.171. The molecule has 0 heterocycles. The van der Waals surface area contributed by atoms with Gasteiger partial charge in [-0.2, -0.15) is 0 Å². The Morgan fingerprint density at radius 3 is 2.22 bits per heavy atom. The molecule has 1 rings (SSSR count). The minimum absolute atomic E-state index is 0.00246. The second-order valence-corrected chi connectivity index (χ2v) is 7.74. The van der Waals surface area contributed by atoms with E-state index >= 15 is 0 Å². The Morgan fingerprint density at radius 2 is 1.74 bits per heavy atom. The summed E-state index contributed by atoms with van der Waals surface area (Å²) in [6.07, 6.45) is 3.48. The zero-order valence-corrected chi connectivity index (χ0v) is 15.4. The highest BCUT2D eigenvalue weighted by Crippen LogP contribution is 2.26. The number of ether oxygens (including phenoxy) is 1. The first-order chi connectivity index (χ1) is 10.5. The number of nitrogens with zero attached hydrogens (tertiary/aromatic N) is 1. The van der Waals surface area contributed by atoms with Crippen LogP contribution in [0.4, 0.5) is 4.79 Å². The molecule has 134 valence electrons. The number of nitrogens with two attached hydrogens (primary N) is 1. The fourth-order valence-electron chi connectivity index (χ4n) is 2.97. The molecule has 1 aliphatic carbocycles. The van der Waals surface area contributed by atoms with Crippen molar-refractivity contribution in [3.8, 4) is 0 Å². The van der Waals surface area contributed by atoms with Crippen LogP contribution in [0.25, 0.3) is 0 Å². The molecule has 0 bridgehead atoms. The minimum Gasteiger partial charge on any atom is -0.444 e. The number of hydrogen-bond donors (Lipinski definition) is 2. The lowest BCUT2D eigenvalue weighted by atomic mass is 9.88. The first-order valence-corrected chi connectivity index (χ1v) is 8.60.